The predicted octanol–water partition coefficient (Wildman–Crippen LogP) is 5.41. The van der Waals surface area contributed by atoms with E-state index in [0.29, 0.717) is 11.8 Å². The average molecular weight is 367 g/mol. The number of thiophene rings is 1. The first-order chi connectivity index (χ1) is 12.6. The summed E-state index contributed by atoms with van der Waals surface area (Å²) in [5.74, 6) is 0.925. The zero-order valence-corrected chi connectivity index (χ0v) is 16.4. The van der Waals surface area contributed by atoms with Crippen LogP contribution < -0.4 is 10.6 Å². The molecular formula is C22H26N2OS. The fourth-order valence-electron chi connectivity index (χ4n) is 4.12. The molecule has 0 fully saturated rings. The maximum Gasteiger partial charge on any atom is 0.253 e. The second kappa shape index (κ2) is 6.92. The van der Waals surface area contributed by atoms with E-state index in [0.717, 1.165) is 24.1 Å². The fraction of sp³-hybridized carbons (Fsp3) is 0.409. The Hall–Kier alpha value is -2.07. The number of carbonyl (C=O) groups is 1. The summed E-state index contributed by atoms with van der Waals surface area (Å²) in [7, 11) is 0. The molecule has 0 saturated carbocycles. The molecule has 0 bridgehead atoms. The lowest BCUT2D eigenvalue weighted by Crippen LogP contribution is -2.35. The van der Waals surface area contributed by atoms with Crippen molar-refractivity contribution in [3.8, 4) is 0 Å². The van der Waals surface area contributed by atoms with Gasteiger partial charge in [0.25, 0.3) is 5.91 Å². The molecule has 0 radical (unpaired) electrons. The minimum Gasteiger partial charge on any atom is -0.376 e. The van der Waals surface area contributed by atoms with E-state index in [-0.39, 0.29) is 18.0 Å². The zero-order valence-electron chi connectivity index (χ0n) is 15.6. The van der Waals surface area contributed by atoms with E-state index in [1.807, 2.05) is 30.4 Å². The number of hydrogen-bond donors (Lipinski definition) is 2. The maximum absolute atomic E-state index is 12.9. The topological polar surface area (TPSA) is 41.1 Å². The van der Waals surface area contributed by atoms with Crippen LogP contribution >= 0.6 is 11.3 Å². The summed E-state index contributed by atoms with van der Waals surface area (Å²) in [5.41, 5.74) is 3.03. The monoisotopic (exact) mass is 366 g/mol. The first-order valence-corrected chi connectivity index (χ1v) is 10.3. The molecule has 136 valence electrons. The van der Waals surface area contributed by atoms with Gasteiger partial charge in [0.2, 0.25) is 0 Å². The van der Waals surface area contributed by atoms with Crippen LogP contribution in [0.25, 0.3) is 0 Å². The molecule has 1 aliphatic carbocycles. The Morgan fingerprint density at radius 3 is 2.92 bits per heavy atom. The van der Waals surface area contributed by atoms with E-state index in [1.165, 1.54) is 15.3 Å². The second-order valence-electron chi connectivity index (χ2n) is 7.48. The lowest BCUT2D eigenvalue weighted by molar-refractivity contribution is 0.0939. The molecule has 0 saturated heterocycles. The molecule has 4 rings (SSSR count). The Morgan fingerprint density at radius 1 is 1.35 bits per heavy atom. The minimum atomic E-state index is 0.0187. The molecule has 1 aromatic carbocycles. The molecule has 0 spiro atoms. The van der Waals surface area contributed by atoms with Crippen LogP contribution in [0.15, 0.2) is 42.5 Å². The highest BCUT2D eigenvalue weighted by molar-refractivity contribution is 7.12. The van der Waals surface area contributed by atoms with Crippen molar-refractivity contribution < 1.29 is 4.79 Å². The van der Waals surface area contributed by atoms with Gasteiger partial charge in [0.15, 0.2) is 0 Å². The Bertz CT molecular complexity index is 854. The first-order valence-electron chi connectivity index (χ1n) is 9.51. The van der Waals surface area contributed by atoms with Gasteiger partial charge in [0, 0.05) is 21.7 Å². The molecule has 4 heteroatoms. The van der Waals surface area contributed by atoms with Gasteiger partial charge in [-0.15, -0.1) is 11.3 Å². The van der Waals surface area contributed by atoms with Crippen LogP contribution in [-0.4, -0.2) is 11.9 Å². The SMILES string of the molecule is CCC(C)NC(=O)c1cccc2c1NC(c1ccc(C)s1)C1CC=CC21. The van der Waals surface area contributed by atoms with Gasteiger partial charge in [-0.25, -0.2) is 0 Å². The minimum absolute atomic E-state index is 0.0187. The Labute approximate surface area is 159 Å². The largest absolute Gasteiger partial charge is 0.376 e. The van der Waals surface area contributed by atoms with Crippen LogP contribution in [0.2, 0.25) is 0 Å². The molecule has 1 aliphatic heterocycles. The van der Waals surface area contributed by atoms with E-state index in [1.54, 1.807) is 0 Å². The van der Waals surface area contributed by atoms with Crippen molar-refractivity contribution in [3.63, 3.8) is 0 Å². The molecule has 1 amide bonds. The van der Waals surface area contributed by atoms with E-state index in [9.17, 15) is 4.79 Å². The standard InChI is InChI=1S/C22H26N2OS/c1-4-13(2)23-22(25)18-10-6-8-16-15-7-5-9-17(15)21(24-20(16)18)19-12-11-14(3)26-19/h5-8,10-13,15,17,21,24H,4,9H2,1-3H3,(H,23,25). The first kappa shape index (κ1) is 17.3. The van der Waals surface area contributed by atoms with E-state index in [2.05, 4.69) is 54.8 Å². The van der Waals surface area contributed by atoms with E-state index >= 15 is 0 Å². The number of amides is 1. The van der Waals surface area contributed by atoms with Crippen LogP contribution in [0.4, 0.5) is 5.69 Å². The van der Waals surface area contributed by atoms with Gasteiger partial charge in [0.05, 0.1) is 17.3 Å². The summed E-state index contributed by atoms with van der Waals surface area (Å²) >= 11 is 1.86. The van der Waals surface area contributed by atoms with Crippen molar-refractivity contribution >= 4 is 22.9 Å². The summed E-state index contributed by atoms with van der Waals surface area (Å²) in [6.45, 7) is 6.29. The van der Waals surface area contributed by atoms with Gasteiger partial charge in [-0.1, -0.05) is 31.2 Å². The predicted molar refractivity (Wildman–Crippen MR) is 109 cm³/mol. The molecule has 2 aromatic rings. The summed E-state index contributed by atoms with van der Waals surface area (Å²) in [5, 5.41) is 6.87. The zero-order chi connectivity index (χ0) is 18.3. The number of rotatable bonds is 4. The van der Waals surface area contributed by atoms with Crippen LogP contribution in [-0.2, 0) is 0 Å². The normalized spacial score (nSPS) is 24.5. The van der Waals surface area contributed by atoms with Crippen molar-refractivity contribution in [3.05, 3.63) is 63.4 Å². The number of hydrogen-bond acceptors (Lipinski definition) is 3. The van der Waals surface area contributed by atoms with E-state index < -0.39 is 0 Å². The van der Waals surface area contributed by atoms with Gasteiger partial charge in [0.1, 0.15) is 0 Å². The molecule has 4 unspecified atom stereocenters. The number of anilines is 1. The number of benzene rings is 1. The molecule has 2 aliphatic rings. The lowest BCUT2D eigenvalue weighted by atomic mass is 9.78. The highest BCUT2D eigenvalue weighted by Crippen LogP contribution is 2.51. The maximum atomic E-state index is 12.9. The van der Waals surface area contributed by atoms with Gasteiger partial charge in [-0.2, -0.15) is 0 Å². The number of para-hydroxylation sites is 1. The number of aryl methyl sites for hydroxylation is 1. The number of fused-ring (bicyclic) bond motifs is 3. The Kier molecular flexibility index (Phi) is 4.62. The lowest BCUT2D eigenvalue weighted by Gasteiger charge is -2.37. The second-order valence-corrected chi connectivity index (χ2v) is 8.80. The summed E-state index contributed by atoms with van der Waals surface area (Å²) in [4.78, 5) is 15.6. The van der Waals surface area contributed by atoms with Crippen molar-refractivity contribution in [2.24, 2.45) is 5.92 Å². The molecule has 2 N–H and O–H groups in total. The Morgan fingerprint density at radius 2 is 2.19 bits per heavy atom. The van der Waals surface area contributed by atoms with Crippen molar-refractivity contribution in [2.75, 3.05) is 5.32 Å². The van der Waals surface area contributed by atoms with E-state index in [4.69, 9.17) is 0 Å². The number of allylic oxidation sites excluding steroid dienone is 2. The third-order valence-corrected chi connectivity index (χ3v) is 6.78. The van der Waals surface area contributed by atoms with Gasteiger partial charge in [-0.3, -0.25) is 4.79 Å². The van der Waals surface area contributed by atoms with Crippen LogP contribution in [0.3, 0.4) is 0 Å². The summed E-state index contributed by atoms with van der Waals surface area (Å²) in [6, 6.07) is 11.0. The van der Waals surface area contributed by atoms with Crippen molar-refractivity contribution in [1.29, 1.82) is 0 Å². The average Bonchev–Trinajstić information content (AvgIpc) is 3.29. The smallest absolute Gasteiger partial charge is 0.253 e. The molecule has 2 heterocycles. The summed E-state index contributed by atoms with van der Waals surface area (Å²) < 4.78 is 0. The molecule has 3 nitrogen and oxygen atoms in total. The highest BCUT2D eigenvalue weighted by atomic mass is 32.1. The third-order valence-electron chi connectivity index (χ3n) is 5.70. The molecule has 4 atom stereocenters. The quantitative estimate of drug-likeness (QED) is 0.710. The molecular weight excluding hydrogens is 340 g/mol. The van der Waals surface area contributed by atoms with Crippen molar-refractivity contribution in [2.45, 2.75) is 51.6 Å². The number of nitrogens with one attached hydrogen (secondary N) is 2. The number of carbonyl (C=O) groups excluding carboxylic acids is 1. The van der Waals surface area contributed by atoms with Crippen LogP contribution in [0.5, 0.6) is 0 Å². The van der Waals surface area contributed by atoms with Gasteiger partial charge in [-0.05, 0) is 56.4 Å². The van der Waals surface area contributed by atoms with Gasteiger partial charge >= 0.3 is 0 Å². The van der Waals surface area contributed by atoms with Crippen LogP contribution in [0.1, 0.15) is 64.3 Å². The molecule has 1 aromatic heterocycles. The third kappa shape index (κ3) is 2.96. The van der Waals surface area contributed by atoms with Gasteiger partial charge < -0.3 is 10.6 Å². The summed E-state index contributed by atoms with van der Waals surface area (Å²) in [6.07, 6.45) is 6.64. The van der Waals surface area contributed by atoms with Crippen molar-refractivity contribution in [1.82, 2.24) is 5.32 Å². The fourth-order valence-corrected chi connectivity index (χ4v) is 5.12. The van der Waals surface area contributed by atoms with Crippen LogP contribution in [0, 0.1) is 12.8 Å². The molecule has 26 heavy (non-hydrogen) atoms. The highest BCUT2D eigenvalue weighted by Gasteiger charge is 2.39. The Balaban J connectivity index is 1.74.